The van der Waals surface area contributed by atoms with Crippen LogP contribution < -0.4 is 4.74 Å². The Bertz CT molecular complexity index is 830. The molecule has 0 heterocycles. The van der Waals surface area contributed by atoms with Crippen molar-refractivity contribution in [2.75, 3.05) is 20.3 Å². The first-order valence-corrected chi connectivity index (χ1v) is 9.38. The molecule has 0 radical (unpaired) electrons. The molecule has 8 heteroatoms. The molecule has 0 amide bonds. The van der Waals surface area contributed by atoms with Crippen LogP contribution in [0.4, 0.5) is 0 Å². The van der Waals surface area contributed by atoms with Crippen molar-refractivity contribution in [1.29, 1.82) is 0 Å². The van der Waals surface area contributed by atoms with Gasteiger partial charge in [0.25, 0.3) is 0 Å². The van der Waals surface area contributed by atoms with Gasteiger partial charge in [0, 0.05) is 29.4 Å². The van der Waals surface area contributed by atoms with Crippen LogP contribution in [0.25, 0.3) is 0 Å². The van der Waals surface area contributed by atoms with Crippen molar-refractivity contribution >= 4 is 11.9 Å². The number of rotatable bonds is 9. The number of ether oxygens (including phenoxy) is 3. The highest BCUT2D eigenvalue weighted by atomic mass is 16.6. The maximum atomic E-state index is 12.5. The maximum Gasteiger partial charge on any atom is 0.334 e. The summed E-state index contributed by atoms with van der Waals surface area (Å²) in [7, 11) is 1.50. The number of esters is 2. The second kappa shape index (κ2) is 9.86. The number of nitrogens with zero attached hydrogens (tertiary/aromatic N) is 1. The second-order valence-electron chi connectivity index (χ2n) is 6.51. The number of methoxy groups -OCH3 is 1. The van der Waals surface area contributed by atoms with Crippen LogP contribution in [0.15, 0.2) is 48.1 Å². The zero-order valence-corrected chi connectivity index (χ0v) is 16.8. The largest absolute Gasteiger partial charge is 0.497 e. The molecule has 1 aromatic carbocycles. The minimum absolute atomic E-state index is 0.0309. The number of hydrogen-bond acceptors (Lipinski definition) is 7. The predicted octanol–water partition coefficient (Wildman–Crippen LogP) is 3.20. The van der Waals surface area contributed by atoms with Gasteiger partial charge in [-0.25, -0.2) is 9.59 Å². The minimum atomic E-state index is -1.53. The predicted molar refractivity (Wildman–Crippen MR) is 105 cm³/mol. The molecule has 1 aromatic rings. The van der Waals surface area contributed by atoms with Crippen molar-refractivity contribution < 1.29 is 28.7 Å². The fourth-order valence-corrected chi connectivity index (χ4v) is 3.54. The summed E-state index contributed by atoms with van der Waals surface area (Å²) in [6, 6.07) is 6.84. The number of benzene rings is 1. The smallest absolute Gasteiger partial charge is 0.334 e. The highest BCUT2D eigenvalue weighted by molar-refractivity contribution is 5.91. The first-order chi connectivity index (χ1) is 13.9. The molecule has 8 nitrogen and oxygen atoms in total. The van der Waals surface area contributed by atoms with E-state index in [2.05, 4.69) is 0 Å². The van der Waals surface area contributed by atoms with E-state index in [0.29, 0.717) is 11.3 Å². The fraction of sp³-hybridized carbons (Fsp3) is 0.429. The average Bonchev–Trinajstić information content (AvgIpc) is 3.09. The van der Waals surface area contributed by atoms with E-state index in [1.54, 1.807) is 44.2 Å². The van der Waals surface area contributed by atoms with Crippen LogP contribution in [-0.4, -0.2) is 42.7 Å². The van der Waals surface area contributed by atoms with Crippen LogP contribution in [0.2, 0.25) is 0 Å². The topological polar surface area (TPSA) is 105 Å². The lowest BCUT2D eigenvalue weighted by molar-refractivity contribution is -0.570. The van der Waals surface area contributed by atoms with E-state index in [1.165, 1.54) is 19.3 Å². The van der Waals surface area contributed by atoms with Gasteiger partial charge in [0.15, 0.2) is 0 Å². The van der Waals surface area contributed by atoms with Gasteiger partial charge in [0.1, 0.15) is 5.75 Å². The van der Waals surface area contributed by atoms with Crippen LogP contribution in [0.5, 0.6) is 5.75 Å². The van der Waals surface area contributed by atoms with Gasteiger partial charge >= 0.3 is 11.9 Å². The van der Waals surface area contributed by atoms with E-state index in [9.17, 15) is 19.7 Å². The van der Waals surface area contributed by atoms with Crippen LogP contribution in [-0.2, 0) is 19.1 Å². The Balaban J connectivity index is 2.48. The summed E-state index contributed by atoms with van der Waals surface area (Å²) in [6.07, 6.45) is 4.14. The van der Waals surface area contributed by atoms with Crippen molar-refractivity contribution in [2.24, 2.45) is 0 Å². The van der Waals surface area contributed by atoms with Gasteiger partial charge in [-0.2, -0.15) is 0 Å². The molecule has 0 saturated carbocycles. The summed E-state index contributed by atoms with van der Waals surface area (Å²) in [6.45, 7) is 3.73. The first kappa shape index (κ1) is 22.1. The highest BCUT2D eigenvalue weighted by Crippen LogP contribution is 2.48. The molecule has 0 N–H and O–H groups in total. The Labute approximate surface area is 169 Å². The first-order valence-electron chi connectivity index (χ1n) is 9.38. The van der Waals surface area contributed by atoms with E-state index < -0.39 is 23.4 Å². The van der Waals surface area contributed by atoms with E-state index >= 15 is 0 Å². The molecule has 2 atom stereocenters. The van der Waals surface area contributed by atoms with Gasteiger partial charge in [-0.1, -0.05) is 24.3 Å². The zero-order chi connectivity index (χ0) is 21.4. The third kappa shape index (κ3) is 4.82. The maximum absolute atomic E-state index is 12.5. The Morgan fingerprint density at radius 1 is 1.28 bits per heavy atom. The number of carbonyl (C=O) groups excluding carboxylic acids is 2. The molecule has 1 aliphatic rings. The lowest BCUT2D eigenvalue weighted by Gasteiger charge is -2.28. The summed E-state index contributed by atoms with van der Waals surface area (Å²) in [5, 5.41) is 12.2. The Kier molecular flexibility index (Phi) is 7.52. The summed E-state index contributed by atoms with van der Waals surface area (Å²) in [5.74, 6) is -1.48. The van der Waals surface area contributed by atoms with Gasteiger partial charge in [-0.15, -0.1) is 0 Å². The highest BCUT2D eigenvalue weighted by Gasteiger charge is 2.56. The molecule has 156 valence electrons. The summed E-state index contributed by atoms with van der Waals surface area (Å²) in [4.78, 5) is 36.0. The number of nitro groups is 1. The molecule has 0 fully saturated rings. The molecule has 0 bridgehead atoms. The van der Waals surface area contributed by atoms with Crippen molar-refractivity contribution in [3.05, 3.63) is 63.7 Å². The summed E-state index contributed by atoms with van der Waals surface area (Å²) in [5.41, 5.74) is -0.721. The van der Waals surface area contributed by atoms with Gasteiger partial charge in [0.2, 0.25) is 5.54 Å². The monoisotopic (exact) mass is 403 g/mol. The standard InChI is InChI=1S/C21H25NO7/c1-4-28-18(23)10-7-12-21(22(25)26)13-11-17(20(24)29-5-2)19(21)15-8-6-9-16(14-15)27-3/h6-11,14,19H,4-5,12-13H2,1-3H3/b10-7-/t19-,21+/m1/s1. The normalized spacial score (nSPS) is 20.9. The quantitative estimate of drug-likeness (QED) is 0.270. The molecular weight excluding hydrogens is 378 g/mol. The molecule has 1 aliphatic carbocycles. The van der Waals surface area contributed by atoms with E-state index in [1.807, 2.05) is 0 Å². The second-order valence-corrected chi connectivity index (χ2v) is 6.51. The summed E-state index contributed by atoms with van der Waals surface area (Å²) < 4.78 is 15.2. The Morgan fingerprint density at radius 3 is 2.62 bits per heavy atom. The lowest BCUT2D eigenvalue weighted by Crippen LogP contribution is -2.42. The third-order valence-electron chi connectivity index (χ3n) is 4.84. The van der Waals surface area contributed by atoms with Crippen LogP contribution in [0.1, 0.15) is 38.2 Å². The van der Waals surface area contributed by atoms with Gasteiger partial charge in [-0.05, 0) is 31.5 Å². The SMILES string of the molecule is CCOC(=O)/C=C\C[C@]1([N+](=O)[O-])CC=C(C(=O)OCC)[C@H]1c1cccc(OC)c1. The summed E-state index contributed by atoms with van der Waals surface area (Å²) >= 11 is 0. The molecule has 0 saturated heterocycles. The number of hydrogen-bond donors (Lipinski definition) is 0. The van der Waals surface area contributed by atoms with E-state index in [-0.39, 0.29) is 36.6 Å². The van der Waals surface area contributed by atoms with Crippen molar-refractivity contribution in [3.63, 3.8) is 0 Å². The minimum Gasteiger partial charge on any atom is -0.497 e. The molecular formula is C21H25NO7. The van der Waals surface area contributed by atoms with E-state index in [4.69, 9.17) is 14.2 Å². The Hall–Kier alpha value is -3.16. The Morgan fingerprint density at radius 2 is 2.00 bits per heavy atom. The van der Waals surface area contributed by atoms with Gasteiger partial charge < -0.3 is 14.2 Å². The van der Waals surface area contributed by atoms with Crippen molar-refractivity contribution in [1.82, 2.24) is 0 Å². The van der Waals surface area contributed by atoms with Crippen LogP contribution in [0.3, 0.4) is 0 Å². The molecule has 0 unspecified atom stereocenters. The molecule has 0 aliphatic heterocycles. The van der Waals surface area contributed by atoms with E-state index in [0.717, 1.165) is 0 Å². The zero-order valence-electron chi connectivity index (χ0n) is 16.8. The van der Waals surface area contributed by atoms with Crippen molar-refractivity contribution in [3.8, 4) is 5.75 Å². The molecule has 2 rings (SSSR count). The van der Waals surface area contributed by atoms with Crippen molar-refractivity contribution in [2.45, 2.75) is 38.1 Å². The third-order valence-corrected chi connectivity index (χ3v) is 4.84. The average molecular weight is 403 g/mol. The van der Waals surface area contributed by atoms with Crippen LogP contribution in [0, 0.1) is 10.1 Å². The molecule has 0 aromatic heterocycles. The fourth-order valence-electron chi connectivity index (χ4n) is 3.54. The van der Waals surface area contributed by atoms with Gasteiger partial charge in [0.05, 0.1) is 26.2 Å². The molecule has 29 heavy (non-hydrogen) atoms. The van der Waals surface area contributed by atoms with Crippen LogP contribution >= 0.6 is 0 Å². The lowest BCUT2D eigenvalue weighted by atomic mass is 9.76. The number of carbonyl (C=O) groups is 2. The van der Waals surface area contributed by atoms with Gasteiger partial charge in [-0.3, -0.25) is 10.1 Å². The molecule has 0 spiro atoms.